The first-order valence-corrected chi connectivity index (χ1v) is 7.70. The number of nitriles is 1. The van der Waals surface area contributed by atoms with E-state index in [2.05, 4.69) is 5.32 Å². The first-order valence-electron chi connectivity index (χ1n) is 6.94. The van der Waals surface area contributed by atoms with Crippen molar-refractivity contribution in [2.24, 2.45) is 0 Å². The lowest BCUT2D eigenvalue weighted by Gasteiger charge is -2.06. The number of carbonyl (C=O) groups is 1. The number of nitrogens with one attached hydrogen (secondary N) is 1. The van der Waals surface area contributed by atoms with E-state index in [1.165, 1.54) is 30.3 Å². The van der Waals surface area contributed by atoms with Gasteiger partial charge in [-0.25, -0.2) is 0 Å². The van der Waals surface area contributed by atoms with Crippen molar-refractivity contribution in [1.29, 1.82) is 5.26 Å². The Kier molecular flexibility index (Phi) is 5.75. The van der Waals surface area contributed by atoms with Crippen LogP contribution in [0.5, 0.6) is 0 Å². The van der Waals surface area contributed by atoms with Gasteiger partial charge in [0.1, 0.15) is 11.6 Å². The number of carbonyl (C=O) groups excluding carboxylic acids is 1. The average molecular weight is 376 g/mol. The molecule has 0 fully saturated rings. The van der Waals surface area contributed by atoms with Crippen molar-refractivity contribution >= 4 is 46.6 Å². The van der Waals surface area contributed by atoms with Crippen LogP contribution in [0.3, 0.4) is 0 Å². The molecule has 0 aliphatic carbocycles. The molecular weight excluding hydrogens is 365 g/mol. The Morgan fingerprint density at radius 1 is 1.24 bits per heavy atom. The Labute approximate surface area is 153 Å². The Morgan fingerprint density at radius 2 is 1.88 bits per heavy atom. The molecule has 1 N–H and O–H groups in total. The second-order valence-corrected chi connectivity index (χ2v) is 5.96. The summed E-state index contributed by atoms with van der Waals surface area (Å²) in [7, 11) is 0. The third-order valence-electron chi connectivity index (χ3n) is 3.23. The molecule has 25 heavy (non-hydrogen) atoms. The highest BCUT2D eigenvalue weighted by Crippen LogP contribution is 2.24. The summed E-state index contributed by atoms with van der Waals surface area (Å²) in [5.41, 5.74) is 0.882. The Morgan fingerprint density at radius 3 is 2.44 bits per heavy atom. The van der Waals surface area contributed by atoms with Crippen LogP contribution in [0.15, 0.2) is 42.0 Å². The molecule has 8 heteroatoms. The topological polar surface area (TPSA) is 96.0 Å². The van der Waals surface area contributed by atoms with E-state index in [0.29, 0.717) is 26.9 Å². The Balaban J connectivity index is 2.31. The molecule has 126 valence electrons. The van der Waals surface area contributed by atoms with E-state index in [9.17, 15) is 20.2 Å². The van der Waals surface area contributed by atoms with Gasteiger partial charge in [0, 0.05) is 27.4 Å². The molecule has 2 aromatic carbocycles. The molecule has 0 unspecified atom stereocenters. The molecule has 0 bridgehead atoms. The molecule has 0 aliphatic heterocycles. The van der Waals surface area contributed by atoms with Crippen LogP contribution in [0.1, 0.15) is 11.1 Å². The van der Waals surface area contributed by atoms with E-state index in [1.807, 2.05) is 0 Å². The van der Waals surface area contributed by atoms with Gasteiger partial charge in [-0.05, 0) is 36.8 Å². The van der Waals surface area contributed by atoms with Gasteiger partial charge in [0.25, 0.3) is 11.6 Å². The molecular formula is C17H11Cl2N3O3. The van der Waals surface area contributed by atoms with Crippen molar-refractivity contribution in [1.82, 2.24) is 0 Å². The summed E-state index contributed by atoms with van der Waals surface area (Å²) in [6.45, 7) is 1.60. The Hall–Kier alpha value is -2.88. The van der Waals surface area contributed by atoms with E-state index in [-0.39, 0.29) is 11.3 Å². The zero-order valence-electron chi connectivity index (χ0n) is 12.9. The van der Waals surface area contributed by atoms with E-state index < -0.39 is 10.8 Å². The first-order chi connectivity index (χ1) is 11.8. The fraction of sp³-hybridized carbons (Fsp3) is 0.0588. The van der Waals surface area contributed by atoms with Gasteiger partial charge in [0.15, 0.2) is 0 Å². The van der Waals surface area contributed by atoms with Gasteiger partial charge in [0.05, 0.1) is 4.92 Å². The maximum Gasteiger partial charge on any atom is 0.272 e. The lowest BCUT2D eigenvalue weighted by Crippen LogP contribution is -2.13. The minimum atomic E-state index is -0.677. The van der Waals surface area contributed by atoms with Crippen molar-refractivity contribution in [2.45, 2.75) is 6.92 Å². The fourth-order valence-electron chi connectivity index (χ4n) is 2.05. The zero-order chi connectivity index (χ0) is 18.6. The smallest absolute Gasteiger partial charge is 0.272 e. The third-order valence-corrected chi connectivity index (χ3v) is 3.66. The van der Waals surface area contributed by atoms with E-state index >= 15 is 0 Å². The van der Waals surface area contributed by atoms with Gasteiger partial charge in [-0.15, -0.1) is 0 Å². The SMILES string of the molecule is Cc1ccc(/C=C(\C#N)C(=O)Nc2cc(Cl)cc(Cl)c2)cc1[N+](=O)[O-]. The third kappa shape index (κ3) is 4.80. The van der Waals surface area contributed by atoms with Gasteiger partial charge in [-0.1, -0.05) is 35.3 Å². The number of hydrogen-bond donors (Lipinski definition) is 1. The number of amides is 1. The largest absolute Gasteiger partial charge is 0.321 e. The van der Waals surface area contributed by atoms with E-state index in [1.54, 1.807) is 25.1 Å². The van der Waals surface area contributed by atoms with Gasteiger partial charge >= 0.3 is 0 Å². The summed E-state index contributed by atoms with van der Waals surface area (Å²) in [6, 6.07) is 10.7. The summed E-state index contributed by atoms with van der Waals surface area (Å²) in [4.78, 5) is 22.7. The molecule has 0 aromatic heterocycles. The maximum atomic E-state index is 12.2. The lowest BCUT2D eigenvalue weighted by molar-refractivity contribution is -0.385. The van der Waals surface area contributed by atoms with E-state index in [4.69, 9.17) is 23.2 Å². The van der Waals surface area contributed by atoms with Crippen LogP contribution in [0, 0.1) is 28.4 Å². The molecule has 1 amide bonds. The number of anilines is 1. The van der Waals surface area contributed by atoms with Crippen molar-refractivity contribution in [3.8, 4) is 6.07 Å². The molecule has 2 rings (SSSR count). The molecule has 0 saturated carbocycles. The van der Waals surface area contributed by atoms with Crippen molar-refractivity contribution in [2.75, 3.05) is 5.32 Å². The van der Waals surface area contributed by atoms with Crippen molar-refractivity contribution in [3.63, 3.8) is 0 Å². The van der Waals surface area contributed by atoms with Crippen LogP contribution >= 0.6 is 23.2 Å². The van der Waals surface area contributed by atoms with Crippen molar-refractivity contribution in [3.05, 3.63) is 73.3 Å². The quantitative estimate of drug-likeness (QED) is 0.360. The van der Waals surface area contributed by atoms with E-state index in [0.717, 1.165) is 0 Å². The predicted octanol–water partition coefficient (Wildman–Crippen LogP) is 4.76. The van der Waals surface area contributed by atoms with Gasteiger partial charge in [-0.2, -0.15) is 5.26 Å². The van der Waals surface area contributed by atoms with Gasteiger partial charge in [0.2, 0.25) is 0 Å². The molecule has 0 saturated heterocycles. The zero-order valence-corrected chi connectivity index (χ0v) is 14.4. The second-order valence-electron chi connectivity index (χ2n) is 5.09. The highest BCUT2D eigenvalue weighted by Gasteiger charge is 2.13. The standard InChI is InChI=1S/C17H11Cl2N3O3/c1-10-2-3-11(5-16(10)22(24)25)4-12(9-20)17(23)21-15-7-13(18)6-14(19)8-15/h2-8H,1H3,(H,21,23)/b12-4+. The number of nitro benzene ring substituents is 1. The average Bonchev–Trinajstić information content (AvgIpc) is 2.52. The Bertz CT molecular complexity index is 913. The predicted molar refractivity (Wildman–Crippen MR) is 96.5 cm³/mol. The molecule has 0 radical (unpaired) electrons. The number of hydrogen-bond acceptors (Lipinski definition) is 4. The van der Waals surface area contributed by atoms with Crippen LogP contribution < -0.4 is 5.32 Å². The fourth-order valence-corrected chi connectivity index (χ4v) is 2.58. The van der Waals surface area contributed by atoms with Crippen LogP contribution in [-0.2, 0) is 4.79 Å². The van der Waals surface area contributed by atoms with Crippen molar-refractivity contribution < 1.29 is 9.72 Å². The normalized spacial score (nSPS) is 10.9. The number of rotatable bonds is 4. The molecule has 0 aliphatic rings. The highest BCUT2D eigenvalue weighted by atomic mass is 35.5. The number of halogens is 2. The molecule has 6 nitrogen and oxygen atoms in total. The molecule has 0 atom stereocenters. The van der Waals surface area contributed by atoms with Gasteiger partial charge in [-0.3, -0.25) is 14.9 Å². The van der Waals surface area contributed by atoms with Gasteiger partial charge < -0.3 is 5.32 Å². The lowest BCUT2D eigenvalue weighted by atomic mass is 10.1. The van der Waals surface area contributed by atoms with Crippen LogP contribution in [-0.4, -0.2) is 10.8 Å². The second kappa shape index (κ2) is 7.79. The summed E-state index contributed by atoms with van der Waals surface area (Å²) in [5.74, 6) is -0.677. The number of nitro groups is 1. The first kappa shape index (κ1) is 18.5. The summed E-state index contributed by atoms with van der Waals surface area (Å²) in [6.07, 6.45) is 1.27. The maximum absolute atomic E-state index is 12.2. The van der Waals surface area contributed by atoms with Crippen LogP contribution in [0.2, 0.25) is 10.0 Å². The summed E-state index contributed by atoms with van der Waals surface area (Å²) in [5, 5.41) is 23.4. The minimum absolute atomic E-state index is 0.0897. The molecule has 0 spiro atoms. The monoisotopic (exact) mass is 375 g/mol. The molecule has 0 heterocycles. The molecule has 2 aromatic rings. The number of nitrogens with zero attached hydrogens (tertiary/aromatic N) is 2. The van der Waals surface area contributed by atoms with Crippen LogP contribution in [0.25, 0.3) is 6.08 Å². The minimum Gasteiger partial charge on any atom is -0.321 e. The number of benzene rings is 2. The summed E-state index contributed by atoms with van der Waals surface area (Å²) >= 11 is 11.7. The van der Waals surface area contributed by atoms with Crippen LogP contribution in [0.4, 0.5) is 11.4 Å². The number of aryl methyl sites for hydroxylation is 1. The highest BCUT2D eigenvalue weighted by molar-refractivity contribution is 6.35. The summed E-state index contributed by atoms with van der Waals surface area (Å²) < 4.78 is 0.